The average Bonchev–Trinajstić information content (AvgIpc) is 2.28. The molecule has 2 aromatic rings. The van der Waals surface area contributed by atoms with E-state index in [1.165, 1.54) is 0 Å². The molecule has 0 aliphatic carbocycles. The van der Waals surface area contributed by atoms with E-state index in [4.69, 9.17) is 11.1 Å². The summed E-state index contributed by atoms with van der Waals surface area (Å²) >= 11 is 5.08. The van der Waals surface area contributed by atoms with Gasteiger partial charge in [-0.3, -0.25) is 5.41 Å². The van der Waals surface area contributed by atoms with E-state index in [1.54, 1.807) is 11.8 Å². The number of aryl methyl sites for hydroxylation is 1. The summed E-state index contributed by atoms with van der Waals surface area (Å²) in [6, 6.07) is 14.0. The van der Waals surface area contributed by atoms with Crippen LogP contribution in [0.2, 0.25) is 0 Å². The zero-order chi connectivity index (χ0) is 13.1. The lowest BCUT2D eigenvalue weighted by Gasteiger charge is -2.09. The van der Waals surface area contributed by atoms with Crippen molar-refractivity contribution in [2.45, 2.75) is 16.7 Å². The first kappa shape index (κ1) is 13.2. The van der Waals surface area contributed by atoms with Gasteiger partial charge in [-0.1, -0.05) is 39.8 Å². The molecular formula is C14H13BrN2S. The number of nitrogen functional groups attached to an aromatic ring is 1. The van der Waals surface area contributed by atoms with Gasteiger partial charge in [-0.15, -0.1) is 0 Å². The lowest BCUT2D eigenvalue weighted by molar-refractivity contribution is 1.29. The van der Waals surface area contributed by atoms with Crippen LogP contribution < -0.4 is 5.73 Å². The third-order valence-corrected chi connectivity index (χ3v) is 3.99. The molecular weight excluding hydrogens is 308 g/mol. The van der Waals surface area contributed by atoms with E-state index in [2.05, 4.69) is 28.1 Å². The van der Waals surface area contributed by atoms with E-state index in [-0.39, 0.29) is 5.84 Å². The highest BCUT2D eigenvalue weighted by molar-refractivity contribution is 9.10. The quantitative estimate of drug-likeness (QED) is 0.658. The fraction of sp³-hybridized carbons (Fsp3) is 0.0714. The first-order valence-electron chi connectivity index (χ1n) is 5.45. The Bertz CT molecular complexity index is 596. The predicted molar refractivity (Wildman–Crippen MR) is 80.5 cm³/mol. The Morgan fingerprint density at radius 3 is 2.67 bits per heavy atom. The molecule has 0 spiro atoms. The summed E-state index contributed by atoms with van der Waals surface area (Å²) in [5, 5.41) is 7.61. The number of benzene rings is 2. The predicted octanol–water partition coefficient (Wildman–Crippen LogP) is 4.19. The van der Waals surface area contributed by atoms with Gasteiger partial charge >= 0.3 is 0 Å². The molecule has 0 bridgehead atoms. The minimum absolute atomic E-state index is 0.104. The summed E-state index contributed by atoms with van der Waals surface area (Å²) in [6.45, 7) is 2.04. The molecule has 0 saturated heterocycles. The highest BCUT2D eigenvalue weighted by Gasteiger charge is 2.07. The van der Waals surface area contributed by atoms with E-state index in [0.29, 0.717) is 0 Å². The molecule has 0 unspecified atom stereocenters. The van der Waals surface area contributed by atoms with Gasteiger partial charge in [0.05, 0.1) is 0 Å². The SMILES string of the molecule is Cc1ccc(C(=N)N)c(Sc2cccc(Br)c2)c1. The molecule has 0 amide bonds. The molecule has 2 rings (SSSR count). The van der Waals surface area contributed by atoms with Crippen LogP contribution in [0.25, 0.3) is 0 Å². The van der Waals surface area contributed by atoms with Gasteiger partial charge in [-0.25, -0.2) is 0 Å². The molecule has 3 N–H and O–H groups in total. The molecule has 4 heteroatoms. The van der Waals surface area contributed by atoms with Crippen LogP contribution in [0.5, 0.6) is 0 Å². The first-order valence-corrected chi connectivity index (χ1v) is 7.05. The van der Waals surface area contributed by atoms with E-state index >= 15 is 0 Å². The number of hydrogen-bond donors (Lipinski definition) is 2. The molecule has 18 heavy (non-hydrogen) atoms. The maximum absolute atomic E-state index is 7.61. The highest BCUT2D eigenvalue weighted by atomic mass is 79.9. The van der Waals surface area contributed by atoms with Crippen molar-refractivity contribution in [1.82, 2.24) is 0 Å². The Labute approximate surface area is 119 Å². The maximum Gasteiger partial charge on any atom is 0.123 e. The second-order valence-electron chi connectivity index (χ2n) is 3.97. The Morgan fingerprint density at radius 1 is 1.22 bits per heavy atom. The van der Waals surface area contributed by atoms with Crippen LogP contribution in [0.3, 0.4) is 0 Å². The van der Waals surface area contributed by atoms with Crippen LogP contribution in [0.4, 0.5) is 0 Å². The lowest BCUT2D eigenvalue weighted by atomic mass is 10.1. The van der Waals surface area contributed by atoms with Crippen LogP contribution in [-0.4, -0.2) is 5.84 Å². The van der Waals surface area contributed by atoms with E-state index < -0.39 is 0 Å². The highest BCUT2D eigenvalue weighted by Crippen LogP contribution is 2.32. The van der Waals surface area contributed by atoms with Crippen LogP contribution in [0, 0.1) is 12.3 Å². The monoisotopic (exact) mass is 320 g/mol. The molecule has 0 saturated carbocycles. The molecule has 0 aliphatic rings. The van der Waals surface area contributed by atoms with E-state index in [0.717, 1.165) is 25.4 Å². The summed E-state index contributed by atoms with van der Waals surface area (Å²) in [6.07, 6.45) is 0. The molecule has 92 valence electrons. The molecule has 0 fully saturated rings. The second-order valence-corrected chi connectivity index (χ2v) is 6.00. The van der Waals surface area contributed by atoms with Crippen LogP contribution in [0.15, 0.2) is 56.7 Å². The number of nitrogens with one attached hydrogen (secondary N) is 1. The van der Waals surface area contributed by atoms with Gasteiger partial charge in [0.25, 0.3) is 0 Å². The van der Waals surface area contributed by atoms with Crippen molar-refractivity contribution in [2.24, 2.45) is 5.73 Å². The summed E-state index contributed by atoms with van der Waals surface area (Å²) in [4.78, 5) is 2.14. The van der Waals surface area contributed by atoms with Crippen molar-refractivity contribution < 1.29 is 0 Å². The molecule has 0 radical (unpaired) electrons. The summed E-state index contributed by atoms with van der Waals surface area (Å²) in [7, 11) is 0. The zero-order valence-corrected chi connectivity index (χ0v) is 12.3. The van der Waals surface area contributed by atoms with Gasteiger partial charge < -0.3 is 5.73 Å². The number of rotatable bonds is 3. The van der Waals surface area contributed by atoms with E-state index in [9.17, 15) is 0 Å². The van der Waals surface area contributed by atoms with Crippen molar-refractivity contribution in [3.63, 3.8) is 0 Å². The topological polar surface area (TPSA) is 49.9 Å². The number of amidine groups is 1. The molecule has 0 aromatic heterocycles. The number of halogens is 1. The summed E-state index contributed by atoms with van der Waals surface area (Å²) in [5.74, 6) is 0.104. The first-order chi connectivity index (χ1) is 8.56. The Kier molecular flexibility index (Phi) is 4.09. The zero-order valence-electron chi connectivity index (χ0n) is 9.91. The number of hydrogen-bond acceptors (Lipinski definition) is 2. The maximum atomic E-state index is 7.61. The van der Waals surface area contributed by atoms with Gasteiger partial charge in [0.1, 0.15) is 5.84 Å². The van der Waals surface area contributed by atoms with Crippen LogP contribution in [0.1, 0.15) is 11.1 Å². The molecule has 0 atom stereocenters. The molecule has 0 aliphatic heterocycles. The largest absolute Gasteiger partial charge is 0.384 e. The third-order valence-electron chi connectivity index (χ3n) is 2.45. The second kappa shape index (κ2) is 5.59. The normalized spacial score (nSPS) is 10.3. The minimum atomic E-state index is 0.104. The Balaban J connectivity index is 2.39. The Hall–Kier alpha value is -1.26. The van der Waals surface area contributed by atoms with Gasteiger partial charge in [-0.2, -0.15) is 0 Å². The van der Waals surface area contributed by atoms with Gasteiger partial charge in [0.2, 0.25) is 0 Å². The van der Waals surface area contributed by atoms with Crippen LogP contribution in [-0.2, 0) is 0 Å². The third kappa shape index (κ3) is 3.15. The minimum Gasteiger partial charge on any atom is -0.384 e. The van der Waals surface area contributed by atoms with Gasteiger partial charge in [0.15, 0.2) is 0 Å². The standard InChI is InChI=1S/C14H13BrN2S/c1-9-5-6-12(14(16)17)13(7-9)18-11-4-2-3-10(15)8-11/h2-8H,1H3,(H3,16,17). The fourth-order valence-corrected chi connectivity index (χ4v) is 3.26. The van der Waals surface area contributed by atoms with Crippen molar-refractivity contribution >= 4 is 33.5 Å². The van der Waals surface area contributed by atoms with Gasteiger partial charge in [-0.05, 0) is 42.8 Å². The van der Waals surface area contributed by atoms with Crippen molar-refractivity contribution in [1.29, 1.82) is 5.41 Å². The average molecular weight is 321 g/mol. The summed E-state index contributed by atoms with van der Waals surface area (Å²) < 4.78 is 1.05. The molecule has 2 aromatic carbocycles. The van der Waals surface area contributed by atoms with Crippen molar-refractivity contribution in [3.05, 3.63) is 58.1 Å². The van der Waals surface area contributed by atoms with Crippen molar-refractivity contribution in [2.75, 3.05) is 0 Å². The van der Waals surface area contributed by atoms with Crippen LogP contribution >= 0.6 is 27.7 Å². The van der Waals surface area contributed by atoms with E-state index in [1.807, 2.05) is 37.3 Å². The number of nitrogens with two attached hydrogens (primary N) is 1. The molecule has 2 nitrogen and oxygen atoms in total. The van der Waals surface area contributed by atoms with Crippen molar-refractivity contribution in [3.8, 4) is 0 Å². The lowest BCUT2D eigenvalue weighted by Crippen LogP contribution is -2.12. The summed E-state index contributed by atoms with van der Waals surface area (Å²) in [5.41, 5.74) is 7.56. The smallest absolute Gasteiger partial charge is 0.123 e. The fourth-order valence-electron chi connectivity index (χ4n) is 1.59. The molecule has 0 heterocycles. The van der Waals surface area contributed by atoms with Gasteiger partial charge in [0, 0.05) is 19.8 Å². The Morgan fingerprint density at radius 2 is 2.00 bits per heavy atom.